The molecular formula is C20H22F3N5O2. The van der Waals surface area contributed by atoms with Crippen LogP contribution in [-0.2, 0) is 21.5 Å². The monoisotopic (exact) mass is 421 g/mol. The summed E-state index contributed by atoms with van der Waals surface area (Å²) < 4.78 is 45.7. The maximum Gasteiger partial charge on any atom is 0.449 e. The Morgan fingerprint density at radius 2 is 2.03 bits per heavy atom. The number of aryl methyl sites for hydroxylation is 1. The van der Waals surface area contributed by atoms with Gasteiger partial charge in [0, 0.05) is 6.20 Å². The summed E-state index contributed by atoms with van der Waals surface area (Å²) in [5, 5.41) is 2.58. The topological polar surface area (TPSA) is 115 Å². The third-order valence-electron chi connectivity index (χ3n) is 5.71. The van der Waals surface area contributed by atoms with E-state index in [4.69, 9.17) is 16.2 Å². The third-order valence-corrected chi connectivity index (χ3v) is 5.71. The van der Waals surface area contributed by atoms with E-state index in [1.807, 2.05) is 12.1 Å². The number of alkyl halides is 3. The van der Waals surface area contributed by atoms with Crippen molar-refractivity contribution < 1.29 is 22.7 Å². The molecule has 1 aliphatic carbocycles. The molecule has 1 amide bonds. The SMILES string of the molecule is NC(=O)C1=CN=C(C(F)(F)F)NC1(c1ccccc1CCC1COC(N)=N1)C1CC1. The molecule has 0 spiro atoms. The lowest BCUT2D eigenvalue weighted by Crippen LogP contribution is -2.57. The smallest absolute Gasteiger partial charge is 0.449 e. The highest BCUT2D eigenvalue weighted by Crippen LogP contribution is 2.52. The molecule has 0 saturated heterocycles. The van der Waals surface area contributed by atoms with Crippen LogP contribution in [0.4, 0.5) is 13.2 Å². The summed E-state index contributed by atoms with van der Waals surface area (Å²) in [6.45, 7) is 0.372. The molecule has 2 aliphatic heterocycles. The van der Waals surface area contributed by atoms with E-state index in [1.165, 1.54) is 0 Å². The van der Waals surface area contributed by atoms with Gasteiger partial charge in [0.1, 0.15) is 6.61 Å². The first kappa shape index (κ1) is 20.2. The van der Waals surface area contributed by atoms with Crippen molar-refractivity contribution in [2.24, 2.45) is 27.4 Å². The van der Waals surface area contributed by atoms with E-state index in [0.717, 1.165) is 11.8 Å². The molecule has 30 heavy (non-hydrogen) atoms. The van der Waals surface area contributed by atoms with Gasteiger partial charge in [-0.05, 0) is 42.7 Å². The zero-order valence-electron chi connectivity index (χ0n) is 16.1. The van der Waals surface area contributed by atoms with Crippen LogP contribution < -0.4 is 16.8 Å². The molecular weight excluding hydrogens is 399 g/mol. The molecule has 3 aliphatic rings. The number of aliphatic imine (C=N–C) groups is 2. The van der Waals surface area contributed by atoms with Crippen LogP contribution in [0.15, 0.2) is 46.0 Å². The summed E-state index contributed by atoms with van der Waals surface area (Å²) in [6.07, 6.45) is -1.23. The fourth-order valence-corrected chi connectivity index (χ4v) is 4.22. The maximum absolute atomic E-state index is 13.5. The lowest BCUT2D eigenvalue weighted by Gasteiger charge is -2.41. The van der Waals surface area contributed by atoms with Gasteiger partial charge in [-0.3, -0.25) is 4.79 Å². The van der Waals surface area contributed by atoms with E-state index in [0.29, 0.717) is 37.9 Å². The Morgan fingerprint density at radius 3 is 2.63 bits per heavy atom. The molecule has 7 nitrogen and oxygen atoms in total. The van der Waals surface area contributed by atoms with Gasteiger partial charge in [-0.15, -0.1) is 0 Å². The van der Waals surface area contributed by atoms with Crippen molar-refractivity contribution in [3.63, 3.8) is 0 Å². The number of benzene rings is 1. The first-order valence-electron chi connectivity index (χ1n) is 9.70. The van der Waals surface area contributed by atoms with Crippen molar-refractivity contribution in [1.82, 2.24) is 5.32 Å². The minimum absolute atomic E-state index is 0.0388. The van der Waals surface area contributed by atoms with Crippen molar-refractivity contribution in [2.45, 2.75) is 43.4 Å². The summed E-state index contributed by atoms with van der Waals surface area (Å²) >= 11 is 0. The van der Waals surface area contributed by atoms with Gasteiger partial charge < -0.3 is 21.5 Å². The number of carbonyl (C=O) groups is 1. The average Bonchev–Trinajstić information content (AvgIpc) is 3.47. The van der Waals surface area contributed by atoms with Gasteiger partial charge in [0.05, 0.1) is 17.2 Å². The lowest BCUT2D eigenvalue weighted by atomic mass is 9.74. The predicted molar refractivity (Wildman–Crippen MR) is 104 cm³/mol. The van der Waals surface area contributed by atoms with Crippen LogP contribution in [0, 0.1) is 5.92 Å². The molecule has 1 saturated carbocycles. The highest BCUT2D eigenvalue weighted by atomic mass is 19.4. The molecule has 4 rings (SSSR count). The Labute approximate surface area is 171 Å². The predicted octanol–water partition coefficient (Wildman–Crippen LogP) is 1.87. The fraction of sp³-hybridized carbons (Fsp3) is 0.450. The second kappa shape index (κ2) is 7.33. The van der Waals surface area contributed by atoms with Gasteiger partial charge in [0.25, 0.3) is 6.02 Å². The Bertz CT molecular complexity index is 952. The van der Waals surface area contributed by atoms with E-state index in [1.54, 1.807) is 12.1 Å². The molecule has 1 aromatic rings. The van der Waals surface area contributed by atoms with Crippen LogP contribution in [-0.4, -0.2) is 36.6 Å². The van der Waals surface area contributed by atoms with Crippen LogP contribution in [0.25, 0.3) is 0 Å². The fourth-order valence-electron chi connectivity index (χ4n) is 4.22. The van der Waals surface area contributed by atoms with Crippen molar-refractivity contribution in [3.05, 3.63) is 47.2 Å². The quantitative estimate of drug-likeness (QED) is 0.650. The number of carbonyl (C=O) groups excluding carboxylic acids is 1. The van der Waals surface area contributed by atoms with Crippen LogP contribution in [0.2, 0.25) is 0 Å². The van der Waals surface area contributed by atoms with E-state index in [-0.39, 0.29) is 23.6 Å². The minimum Gasteiger partial charge on any atom is -0.463 e. The average molecular weight is 421 g/mol. The highest BCUT2D eigenvalue weighted by Gasteiger charge is 2.56. The zero-order chi connectivity index (χ0) is 21.5. The van der Waals surface area contributed by atoms with Gasteiger partial charge in [0.2, 0.25) is 11.7 Å². The largest absolute Gasteiger partial charge is 0.463 e. The van der Waals surface area contributed by atoms with Gasteiger partial charge in [-0.2, -0.15) is 13.2 Å². The summed E-state index contributed by atoms with van der Waals surface area (Å²) in [5.74, 6) is -2.12. The number of rotatable bonds is 6. The summed E-state index contributed by atoms with van der Waals surface area (Å²) in [5.41, 5.74) is 11.2. The number of ether oxygens (including phenoxy) is 1. The van der Waals surface area contributed by atoms with E-state index in [9.17, 15) is 18.0 Å². The number of nitrogens with zero attached hydrogens (tertiary/aromatic N) is 2. The molecule has 0 bridgehead atoms. The van der Waals surface area contributed by atoms with Crippen molar-refractivity contribution in [3.8, 4) is 0 Å². The molecule has 0 aromatic heterocycles. The van der Waals surface area contributed by atoms with Gasteiger partial charge in [0.15, 0.2) is 0 Å². The highest BCUT2D eigenvalue weighted by molar-refractivity contribution is 6.00. The Kier molecular flexibility index (Phi) is 4.95. The Hall–Kier alpha value is -3.04. The number of amides is 1. The first-order chi connectivity index (χ1) is 14.2. The lowest BCUT2D eigenvalue weighted by molar-refractivity contribution is -0.115. The number of nitrogens with one attached hydrogen (secondary N) is 1. The summed E-state index contributed by atoms with van der Waals surface area (Å²) in [4.78, 5) is 19.9. The summed E-state index contributed by atoms with van der Waals surface area (Å²) in [6, 6.07) is 7.18. The van der Waals surface area contributed by atoms with Crippen LogP contribution >= 0.6 is 0 Å². The van der Waals surface area contributed by atoms with Crippen LogP contribution in [0.1, 0.15) is 30.4 Å². The number of hydrogen-bond donors (Lipinski definition) is 3. The van der Waals surface area contributed by atoms with E-state index >= 15 is 0 Å². The van der Waals surface area contributed by atoms with Crippen molar-refractivity contribution >= 4 is 17.8 Å². The second-order valence-corrected chi connectivity index (χ2v) is 7.72. The Balaban J connectivity index is 1.75. The molecule has 2 unspecified atom stereocenters. The molecule has 160 valence electrons. The second-order valence-electron chi connectivity index (χ2n) is 7.72. The summed E-state index contributed by atoms with van der Waals surface area (Å²) in [7, 11) is 0. The number of nitrogens with two attached hydrogens (primary N) is 2. The molecule has 2 atom stereocenters. The molecule has 2 heterocycles. The van der Waals surface area contributed by atoms with Gasteiger partial charge >= 0.3 is 6.18 Å². The van der Waals surface area contributed by atoms with Crippen LogP contribution in [0.3, 0.4) is 0 Å². The third kappa shape index (κ3) is 3.61. The molecule has 0 radical (unpaired) electrons. The van der Waals surface area contributed by atoms with Crippen molar-refractivity contribution in [2.75, 3.05) is 6.61 Å². The van der Waals surface area contributed by atoms with Crippen molar-refractivity contribution in [1.29, 1.82) is 0 Å². The molecule has 1 aromatic carbocycles. The normalized spacial score (nSPS) is 26.2. The zero-order valence-corrected chi connectivity index (χ0v) is 16.1. The number of primary amides is 1. The molecule has 1 fully saturated rings. The Morgan fingerprint density at radius 1 is 1.30 bits per heavy atom. The minimum atomic E-state index is -4.68. The molecule has 10 heteroatoms. The number of hydrogen-bond acceptors (Lipinski definition) is 6. The maximum atomic E-state index is 13.5. The molecule has 5 N–H and O–H groups in total. The van der Waals surface area contributed by atoms with Gasteiger partial charge in [-0.1, -0.05) is 24.3 Å². The standard InChI is InChI=1S/C20H22F3N5O2/c21-20(22,23)17-26-9-15(16(24)29)19(28-17,12-6-7-12)14-4-2-1-3-11(14)5-8-13-10-30-18(25)27-13/h1-4,9,12-13H,5-8,10H2,(H2,24,29)(H2,25,27)(H,26,28). The van der Waals surface area contributed by atoms with E-state index < -0.39 is 23.5 Å². The number of halogens is 3. The number of amidine groups is 2. The van der Waals surface area contributed by atoms with E-state index in [2.05, 4.69) is 15.3 Å². The van der Waals surface area contributed by atoms with Gasteiger partial charge in [-0.25, -0.2) is 9.98 Å². The first-order valence-corrected chi connectivity index (χ1v) is 9.70. The van der Waals surface area contributed by atoms with Crippen LogP contribution in [0.5, 0.6) is 0 Å².